The molecule has 8 nitrogen and oxygen atoms in total. The predicted octanol–water partition coefficient (Wildman–Crippen LogP) is -1.07. The molecule has 2 aliphatic heterocycles. The molecule has 2 fully saturated rings. The van der Waals surface area contributed by atoms with Crippen LogP contribution >= 0.6 is 0 Å². The van der Waals surface area contributed by atoms with E-state index >= 15 is 0 Å². The number of anilines is 1. The van der Waals surface area contributed by atoms with Gasteiger partial charge in [-0.25, -0.2) is 9.97 Å². The molecule has 3 amide bonds. The van der Waals surface area contributed by atoms with E-state index in [0.29, 0.717) is 18.9 Å². The maximum absolute atomic E-state index is 12.6. The molecular formula is C13H15N5O3. The summed E-state index contributed by atoms with van der Waals surface area (Å²) in [5, 5.41) is 2.19. The Morgan fingerprint density at radius 3 is 2.52 bits per heavy atom. The zero-order valence-corrected chi connectivity index (χ0v) is 11.4. The molecule has 1 unspecified atom stereocenters. The van der Waals surface area contributed by atoms with Crippen LogP contribution in [-0.2, 0) is 14.4 Å². The largest absolute Gasteiger partial charge is 0.329 e. The first-order valence-corrected chi connectivity index (χ1v) is 6.80. The number of nitrogens with zero attached hydrogens (tertiary/aromatic N) is 4. The fraction of sp³-hybridized carbons (Fsp3) is 0.462. The van der Waals surface area contributed by atoms with Crippen LogP contribution in [0.25, 0.3) is 0 Å². The van der Waals surface area contributed by atoms with Crippen LogP contribution in [0.1, 0.15) is 12.8 Å². The molecule has 3 rings (SSSR count). The number of aromatic nitrogens is 2. The number of carbonyl (C=O) groups is 3. The van der Waals surface area contributed by atoms with Crippen LogP contribution in [0.5, 0.6) is 0 Å². The molecule has 1 N–H and O–H groups in total. The van der Waals surface area contributed by atoms with Crippen molar-refractivity contribution in [3.63, 3.8) is 0 Å². The molecule has 2 saturated heterocycles. The van der Waals surface area contributed by atoms with Crippen molar-refractivity contribution < 1.29 is 14.4 Å². The smallest absolute Gasteiger partial charge is 0.246 e. The van der Waals surface area contributed by atoms with Crippen LogP contribution < -0.4 is 10.2 Å². The van der Waals surface area contributed by atoms with Gasteiger partial charge in [0, 0.05) is 18.9 Å². The van der Waals surface area contributed by atoms with Gasteiger partial charge in [-0.3, -0.25) is 19.7 Å². The molecule has 3 heterocycles. The van der Waals surface area contributed by atoms with Gasteiger partial charge in [0.2, 0.25) is 23.7 Å². The summed E-state index contributed by atoms with van der Waals surface area (Å²) in [6.07, 6.45) is 4.77. The third kappa shape index (κ3) is 2.69. The highest BCUT2D eigenvalue weighted by atomic mass is 16.2. The summed E-state index contributed by atoms with van der Waals surface area (Å²) >= 11 is 0. The van der Waals surface area contributed by atoms with Gasteiger partial charge in [0.05, 0.1) is 0 Å². The number of hydrogen-bond acceptors (Lipinski definition) is 6. The standard InChI is InChI=1S/C13H15N5O3/c19-10-7-17(8-11(20)16-10)12(21)9-3-1-6-18(9)13-14-4-2-5-15-13/h2,4-5,9H,1,3,6-8H2,(H,16,19,20). The summed E-state index contributed by atoms with van der Waals surface area (Å²) in [7, 11) is 0. The molecule has 0 spiro atoms. The number of imide groups is 1. The highest BCUT2D eigenvalue weighted by Gasteiger charge is 2.37. The van der Waals surface area contributed by atoms with E-state index in [-0.39, 0.29) is 19.0 Å². The van der Waals surface area contributed by atoms with E-state index in [1.54, 1.807) is 18.5 Å². The molecule has 0 aromatic carbocycles. The minimum atomic E-state index is -0.444. The second kappa shape index (κ2) is 5.47. The summed E-state index contributed by atoms with van der Waals surface area (Å²) in [6, 6.07) is 1.30. The number of carbonyl (C=O) groups excluding carboxylic acids is 3. The lowest BCUT2D eigenvalue weighted by Crippen LogP contribution is -2.57. The number of amides is 3. The van der Waals surface area contributed by atoms with E-state index in [9.17, 15) is 14.4 Å². The fourth-order valence-corrected chi connectivity index (χ4v) is 2.71. The Bertz CT molecular complexity index is 560. The van der Waals surface area contributed by atoms with Crippen LogP contribution in [0.15, 0.2) is 18.5 Å². The van der Waals surface area contributed by atoms with E-state index in [1.165, 1.54) is 4.90 Å². The van der Waals surface area contributed by atoms with Crippen molar-refractivity contribution in [2.45, 2.75) is 18.9 Å². The van der Waals surface area contributed by atoms with E-state index in [4.69, 9.17) is 0 Å². The predicted molar refractivity (Wildman–Crippen MR) is 72.1 cm³/mol. The maximum atomic E-state index is 12.6. The van der Waals surface area contributed by atoms with Gasteiger partial charge in [0.25, 0.3) is 0 Å². The average molecular weight is 289 g/mol. The zero-order chi connectivity index (χ0) is 14.8. The van der Waals surface area contributed by atoms with Crippen molar-refractivity contribution in [2.24, 2.45) is 0 Å². The summed E-state index contributed by atoms with van der Waals surface area (Å²) in [5.74, 6) is -0.607. The van der Waals surface area contributed by atoms with Gasteiger partial charge in [-0.2, -0.15) is 0 Å². The minimum absolute atomic E-state index is 0.0788. The zero-order valence-electron chi connectivity index (χ0n) is 11.4. The van der Waals surface area contributed by atoms with Crippen molar-refractivity contribution in [3.05, 3.63) is 18.5 Å². The molecule has 110 valence electrons. The molecule has 0 radical (unpaired) electrons. The molecular weight excluding hydrogens is 274 g/mol. The van der Waals surface area contributed by atoms with Gasteiger partial charge < -0.3 is 9.80 Å². The minimum Gasteiger partial charge on any atom is -0.329 e. The first-order chi connectivity index (χ1) is 10.1. The quantitative estimate of drug-likeness (QED) is 0.697. The highest BCUT2D eigenvalue weighted by molar-refractivity contribution is 6.03. The second-order valence-corrected chi connectivity index (χ2v) is 5.07. The van der Waals surface area contributed by atoms with Crippen LogP contribution in [0.4, 0.5) is 5.95 Å². The fourth-order valence-electron chi connectivity index (χ4n) is 2.71. The molecule has 1 atom stereocenters. The lowest BCUT2D eigenvalue weighted by Gasteiger charge is -2.31. The van der Waals surface area contributed by atoms with E-state index in [1.807, 2.05) is 4.90 Å². The van der Waals surface area contributed by atoms with Gasteiger partial charge in [-0.05, 0) is 18.9 Å². The normalized spacial score (nSPS) is 22.4. The van der Waals surface area contributed by atoms with Gasteiger partial charge in [0.15, 0.2) is 0 Å². The highest BCUT2D eigenvalue weighted by Crippen LogP contribution is 2.23. The Balaban J connectivity index is 1.77. The number of nitrogens with one attached hydrogen (secondary N) is 1. The summed E-state index contributed by atoms with van der Waals surface area (Å²) < 4.78 is 0. The van der Waals surface area contributed by atoms with Crippen LogP contribution in [-0.4, -0.2) is 58.3 Å². The Hall–Kier alpha value is -2.51. The lowest BCUT2D eigenvalue weighted by atomic mass is 10.1. The number of rotatable bonds is 2. The van der Waals surface area contributed by atoms with Crippen molar-refractivity contribution in [2.75, 3.05) is 24.5 Å². The van der Waals surface area contributed by atoms with Gasteiger partial charge in [-0.15, -0.1) is 0 Å². The topological polar surface area (TPSA) is 95.5 Å². The van der Waals surface area contributed by atoms with E-state index < -0.39 is 17.9 Å². The first-order valence-electron chi connectivity index (χ1n) is 6.80. The molecule has 21 heavy (non-hydrogen) atoms. The Morgan fingerprint density at radius 1 is 1.19 bits per heavy atom. The maximum Gasteiger partial charge on any atom is 0.246 e. The molecule has 0 bridgehead atoms. The molecule has 0 saturated carbocycles. The Morgan fingerprint density at radius 2 is 1.86 bits per heavy atom. The molecule has 1 aromatic heterocycles. The average Bonchev–Trinajstić information content (AvgIpc) is 2.95. The second-order valence-electron chi connectivity index (χ2n) is 5.07. The number of piperazine rings is 1. The summed E-state index contributed by atoms with van der Waals surface area (Å²) in [6.45, 7) is 0.531. The van der Waals surface area contributed by atoms with Crippen LogP contribution in [0.2, 0.25) is 0 Å². The first kappa shape index (κ1) is 13.5. The summed E-state index contributed by atoms with van der Waals surface area (Å²) in [4.78, 5) is 46.8. The van der Waals surface area contributed by atoms with Gasteiger partial charge in [-0.1, -0.05) is 0 Å². The third-order valence-corrected chi connectivity index (χ3v) is 3.61. The van der Waals surface area contributed by atoms with Crippen LogP contribution in [0.3, 0.4) is 0 Å². The van der Waals surface area contributed by atoms with Crippen molar-refractivity contribution >= 4 is 23.7 Å². The molecule has 1 aromatic rings. The Labute approximate surface area is 121 Å². The summed E-state index contributed by atoms with van der Waals surface area (Å²) in [5.41, 5.74) is 0. The van der Waals surface area contributed by atoms with Crippen molar-refractivity contribution in [1.29, 1.82) is 0 Å². The van der Waals surface area contributed by atoms with Gasteiger partial charge >= 0.3 is 0 Å². The third-order valence-electron chi connectivity index (χ3n) is 3.61. The molecule has 8 heteroatoms. The SMILES string of the molecule is O=C1CN(C(=O)C2CCCN2c2ncccn2)CC(=O)N1. The van der Waals surface area contributed by atoms with E-state index in [0.717, 1.165) is 6.42 Å². The van der Waals surface area contributed by atoms with Crippen molar-refractivity contribution in [1.82, 2.24) is 20.2 Å². The number of hydrogen-bond donors (Lipinski definition) is 1. The van der Waals surface area contributed by atoms with Gasteiger partial charge in [0.1, 0.15) is 19.1 Å². The molecule has 2 aliphatic rings. The lowest BCUT2D eigenvalue weighted by molar-refractivity contribution is -0.146. The molecule has 0 aliphatic carbocycles. The Kier molecular flexibility index (Phi) is 3.51. The van der Waals surface area contributed by atoms with Crippen molar-refractivity contribution in [3.8, 4) is 0 Å². The van der Waals surface area contributed by atoms with Crippen LogP contribution in [0, 0.1) is 0 Å². The van der Waals surface area contributed by atoms with E-state index in [2.05, 4.69) is 15.3 Å². The monoisotopic (exact) mass is 289 g/mol.